The molecule has 27 heavy (non-hydrogen) atoms. The van der Waals surface area contributed by atoms with Crippen molar-refractivity contribution in [3.05, 3.63) is 59.7 Å². The molecule has 7 nitrogen and oxygen atoms in total. The molecule has 2 N–H and O–H groups in total. The second kappa shape index (κ2) is 7.28. The Hall–Kier alpha value is -3.06. The fourth-order valence-corrected chi connectivity index (χ4v) is 3.41. The lowest BCUT2D eigenvalue weighted by molar-refractivity contribution is 0.102. The molecule has 4 rings (SSSR count). The Bertz CT molecular complexity index is 960. The molecule has 1 aromatic carbocycles. The predicted molar refractivity (Wildman–Crippen MR) is 104 cm³/mol. The van der Waals surface area contributed by atoms with Crippen molar-refractivity contribution in [2.45, 2.75) is 26.3 Å². The summed E-state index contributed by atoms with van der Waals surface area (Å²) in [6, 6.07) is 10.2. The number of anilines is 1. The minimum Gasteiger partial charge on any atom is -0.320 e. The van der Waals surface area contributed by atoms with Crippen LogP contribution in [0.5, 0.6) is 0 Å². The fraction of sp³-hybridized carbons (Fsp3) is 0.300. The van der Waals surface area contributed by atoms with Gasteiger partial charge in [0.2, 0.25) is 0 Å². The molecule has 0 bridgehead atoms. The van der Waals surface area contributed by atoms with Gasteiger partial charge in [-0.25, -0.2) is 4.68 Å². The second-order valence-electron chi connectivity index (χ2n) is 6.83. The zero-order chi connectivity index (χ0) is 18.8. The van der Waals surface area contributed by atoms with Crippen LogP contribution in [0.1, 0.15) is 34.2 Å². The summed E-state index contributed by atoms with van der Waals surface area (Å²) < 4.78 is 1.86. The first-order valence-corrected chi connectivity index (χ1v) is 9.08. The molecule has 2 aromatic heterocycles. The minimum atomic E-state index is -0.236. The van der Waals surface area contributed by atoms with Gasteiger partial charge in [0.25, 0.3) is 5.91 Å². The first-order valence-electron chi connectivity index (χ1n) is 9.08. The average molecular weight is 362 g/mol. The molecule has 1 unspecified atom stereocenters. The van der Waals surface area contributed by atoms with Gasteiger partial charge < -0.3 is 10.6 Å². The lowest BCUT2D eigenvalue weighted by atomic mass is 10.0. The van der Waals surface area contributed by atoms with Crippen molar-refractivity contribution >= 4 is 11.6 Å². The highest BCUT2D eigenvalue weighted by atomic mass is 16.2. The van der Waals surface area contributed by atoms with E-state index in [0.717, 1.165) is 47.6 Å². The Morgan fingerprint density at radius 1 is 1.19 bits per heavy atom. The Labute approximate surface area is 157 Å². The molecule has 0 radical (unpaired) electrons. The van der Waals surface area contributed by atoms with Gasteiger partial charge in [0, 0.05) is 24.6 Å². The molecular formula is C20H22N6O. The summed E-state index contributed by atoms with van der Waals surface area (Å²) in [5, 5.41) is 14.6. The maximum atomic E-state index is 12.8. The van der Waals surface area contributed by atoms with E-state index in [9.17, 15) is 4.79 Å². The minimum absolute atomic E-state index is 0.236. The molecule has 1 amide bonds. The first-order chi connectivity index (χ1) is 13.1. The summed E-state index contributed by atoms with van der Waals surface area (Å²) in [5.41, 5.74) is 5.00. The smallest absolute Gasteiger partial charge is 0.278 e. The predicted octanol–water partition coefficient (Wildman–Crippen LogP) is 2.74. The summed E-state index contributed by atoms with van der Waals surface area (Å²) in [4.78, 5) is 16.9. The SMILES string of the molecule is Cc1ccc(-c2ccncc2)cc1NC(=O)c1nnn(C2CCNC2)c1C. The number of pyridine rings is 1. The largest absolute Gasteiger partial charge is 0.320 e. The van der Waals surface area contributed by atoms with Crippen LogP contribution in [0.4, 0.5) is 5.69 Å². The number of nitrogens with one attached hydrogen (secondary N) is 2. The monoisotopic (exact) mass is 362 g/mol. The Morgan fingerprint density at radius 2 is 2.00 bits per heavy atom. The van der Waals surface area contributed by atoms with Crippen molar-refractivity contribution in [2.24, 2.45) is 0 Å². The summed E-state index contributed by atoms with van der Waals surface area (Å²) in [6.07, 6.45) is 4.51. The number of amides is 1. The standard InChI is InChI=1S/C20H22N6O/c1-13-3-4-16(15-5-8-21-9-6-15)11-18(13)23-20(27)19-14(2)26(25-24-19)17-7-10-22-12-17/h3-6,8-9,11,17,22H,7,10,12H2,1-2H3,(H,23,27). The zero-order valence-corrected chi connectivity index (χ0v) is 15.4. The second-order valence-corrected chi connectivity index (χ2v) is 6.83. The van der Waals surface area contributed by atoms with E-state index < -0.39 is 0 Å². The molecule has 138 valence electrons. The molecule has 3 heterocycles. The van der Waals surface area contributed by atoms with Gasteiger partial charge in [-0.2, -0.15) is 0 Å². The molecule has 1 saturated heterocycles. The molecule has 1 aliphatic heterocycles. The van der Waals surface area contributed by atoms with E-state index in [1.807, 2.05) is 48.9 Å². The number of hydrogen-bond donors (Lipinski definition) is 2. The van der Waals surface area contributed by atoms with Crippen molar-refractivity contribution in [3.63, 3.8) is 0 Å². The van der Waals surface area contributed by atoms with Crippen LogP contribution in [-0.2, 0) is 0 Å². The van der Waals surface area contributed by atoms with E-state index in [1.165, 1.54) is 0 Å². The Morgan fingerprint density at radius 3 is 2.74 bits per heavy atom. The van der Waals surface area contributed by atoms with Crippen LogP contribution in [-0.4, -0.2) is 39.0 Å². The number of hydrogen-bond acceptors (Lipinski definition) is 5. The van der Waals surface area contributed by atoms with Crippen LogP contribution >= 0.6 is 0 Å². The summed E-state index contributed by atoms with van der Waals surface area (Å²) >= 11 is 0. The normalized spacial score (nSPS) is 16.4. The fourth-order valence-electron chi connectivity index (χ4n) is 3.41. The number of carbonyl (C=O) groups excluding carboxylic acids is 1. The van der Waals surface area contributed by atoms with Crippen molar-refractivity contribution in [1.29, 1.82) is 0 Å². The number of nitrogens with zero attached hydrogens (tertiary/aromatic N) is 4. The van der Waals surface area contributed by atoms with Gasteiger partial charge in [0.1, 0.15) is 0 Å². The molecule has 0 aliphatic carbocycles. The quantitative estimate of drug-likeness (QED) is 0.745. The first kappa shape index (κ1) is 17.4. The number of benzene rings is 1. The summed E-state index contributed by atoms with van der Waals surface area (Å²) in [6.45, 7) is 5.69. The van der Waals surface area contributed by atoms with Gasteiger partial charge >= 0.3 is 0 Å². The number of aryl methyl sites for hydroxylation is 1. The van der Waals surface area contributed by atoms with Gasteiger partial charge in [-0.05, 0) is 61.7 Å². The Balaban J connectivity index is 1.58. The van der Waals surface area contributed by atoms with E-state index in [4.69, 9.17) is 0 Å². The molecular weight excluding hydrogens is 340 g/mol. The van der Waals surface area contributed by atoms with Gasteiger partial charge in [-0.3, -0.25) is 9.78 Å². The van der Waals surface area contributed by atoms with Crippen LogP contribution in [0.3, 0.4) is 0 Å². The molecule has 1 aliphatic rings. The van der Waals surface area contributed by atoms with Gasteiger partial charge in [-0.1, -0.05) is 17.3 Å². The van der Waals surface area contributed by atoms with Crippen LogP contribution in [0.2, 0.25) is 0 Å². The van der Waals surface area contributed by atoms with Crippen molar-refractivity contribution in [1.82, 2.24) is 25.3 Å². The topological polar surface area (TPSA) is 84.7 Å². The van der Waals surface area contributed by atoms with E-state index in [-0.39, 0.29) is 11.9 Å². The van der Waals surface area contributed by atoms with E-state index in [0.29, 0.717) is 5.69 Å². The molecule has 0 saturated carbocycles. The van der Waals surface area contributed by atoms with Gasteiger partial charge in [0.15, 0.2) is 5.69 Å². The third-order valence-electron chi connectivity index (χ3n) is 5.02. The third-order valence-corrected chi connectivity index (χ3v) is 5.02. The van der Waals surface area contributed by atoms with E-state index in [2.05, 4.69) is 25.9 Å². The highest BCUT2D eigenvalue weighted by Crippen LogP contribution is 2.26. The summed E-state index contributed by atoms with van der Waals surface area (Å²) in [5.74, 6) is -0.236. The third kappa shape index (κ3) is 3.46. The van der Waals surface area contributed by atoms with Crippen LogP contribution in [0, 0.1) is 13.8 Å². The van der Waals surface area contributed by atoms with Crippen molar-refractivity contribution < 1.29 is 4.79 Å². The van der Waals surface area contributed by atoms with Crippen LogP contribution < -0.4 is 10.6 Å². The van der Waals surface area contributed by atoms with E-state index >= 15 is 0 Å². The molecule has 0 spiro atoms. The van der Waals surface area contributed by atoms with E-state index in [1.54, 1.807) is 12.4 Å². The average Bonchev–Trinajstić information content (AvgIpc) is 3.33. The van der Waals surface area contributed by atoms with Crippen molar-refractivity contribution in [2.75, 3.05) is 18.4 Å². The number of aromatic nitrogens is 4. The molecule has 7 heteroatoms. The zero-order valence-electron chi connectivity index (χ0n) is 15.4. The highest BCUT2D eigenvalue weighted by Gasteiger charge is 2.24. The molecule has 1 atom stereocenters. The van der Waals surface area contributed by atoms with Gasteiger partial charge in [0.05, 0.1) is 11.7 Å². The molecule has 3 aromatic rings. The lowest BCUT2D eigenvalue weighted by Crippen LogP contribution is -2.17. The summed E-state index contributed by atoms with van der Waals surface area (Å²) in [7, 11) is 0. The molecule has 1 fully saturated rings. The Kier molecular flexibility index (Phi) is 4.68. The van der Waals surface area contributed by atoms with Gasteiger partial charge in [-0.15, -0.1) is 5.10 Å². The maximum absolute atomic E-state index is 12.8. The van der Waals surface area contributed by atoms with Crippen LogP contribution in [0.25, 0.3) is 11.1 Å². The highest BCUT2D eigenvalue weighted by molar-refractivity contribution is 6.04. The van der Waals surface area contributed by atoms with Crippen molar-refractivity contribution in [3.8, 4) is 11.1 Å². The van der Waals surface area contributed by atoms with Crippen LogP contribution in [0.15, 0.2) is 42.7 Å². The lowest BCUT2D eigenvalue weighted by Gasteiger charge is -2.12. The maximum Gasteiger partial charge on any atom is 0.278 e. The number of rotatable bonds is 4. The number of carbonyl (C=O) groups is 1.